The van der Waals surface area contributed by atoms with Crippen molar-refractivity contribution in [1.29, 1.82) is 0 Å². The third-order valence-electron chi connectivity index (χ3n) is 3.91. The van der Waals surface area contributed by atoms with E-state index in [0.717, 1.165) is 16.8 Å². The molecule has 0 saturated carbocycles. The average Bonchev–Trinajstić information content (AvgIpc) is 3.10. The van der Waals surface area contributed by atoms with Gasteiger partial charge in [0.2, 0.25) is 5.91 Å². The van der Waals surface area contributed by atoms with Gasteiger partial charge in [-0.15, -0.1) is 11.3 Å². The molecular weight excluding hydrogens is 398 g/mol. The minimum absolute atomic E-state index is 0.000830. The van der Waals surface area contributed by atoms with Crippen molar-refractivity contribution in [3.8, 4) is 0 Å². The second-order valence-electron chi connectivity index (χ2n) is 6.19. The second kappa shape index (κ2) is 8.95. The van der Waals surface area contributed by atoms with Gasteiger partial charge >= 0.3 is 5.97 Å². The number of rotatable bonds is 6. The van der Waals surface area contributed by atoms with E-state index in [1.54, 1.807) is 17.5 Å². The monoisotopic (exact) mass is 415 g/mol. The maximum atomic E-state index is 12.3. The molecule has 0 bridgehead atoms. The number of esters is 1. The Hall–Kier alpha value is -2.77. The van der Waals surface area contributed by atoms with Crippen LogP contribution in [0.4, 0.5) is 5.69 Å². The molecule has 0 aliphatic heterocycles. The molecule has 28 heavy (non-hydrogen) atoms. The number of nitrogens with zero attached hydrogens (tertiary/aromatic N) is 2. The first-order chi connectivity index (χ1) is 13.4. The van der Waals surface area contributed by atoms with Gasteiger partial charge in [-0.1, -0.05) is 23.7 Å². The fourth-order valence-corrected chi connectivity index (χ4v) is 3.43. The van der Waals surface area contributed by atoms with Crippen LogP contribution in [-0.4, -0.2) is 21.8 Å². The standard InChI is InChI=1S/C20H18ClN3O3S/c1-12-5-6-13(2)16(8-12)24-17(25)9-18-23-14(11-28-18)10-27-20(26)15-4-3-7-22-19(15)21/h3-8,11H,9-10H2,1-2H3,(H,24,25). The summed E-state index contributed by atoms with van der Waals surface area (Å²) in [4.78, 5) is 32.5. The van der Waals surface area contributed by atoms with E-state index < -0.39 is 5.97 Å². The lowest BCUT2D eigenvalue weighted by molar-refractivity contribution is -0.115. The molecule has 1 N–H and O–H groups in total. The average molecular weight is 416 g/mol. The lowest BCUT2D eigenvalue weighted by Crippen LogP contribution is -2.15. The first-order valence-corrected chi connectivity index (χ1v) is 9.76. The maximum absolute atomic E-state index is 12.3. The van der Waals surface area contributed by atoms with Crippen molar-refractivity contribution in [2.75, 3.05) is 5.32 Å². The number of pyridine rings is 1. The van der Waals surface area contributed by atoms with E-state index in [1.165, 1.54) is 17.5 Å². The van der Waals surface area contributed by atoms with Crippen LogP contribution in [0.25, 0.3) is 0 Å². The van der Waals surface area contributed by atoms with Crippen molar-refractivity contribution in [2.45, 2.75) is 26.9 Å². The second-order valence-corrected chi connectivity index (χ2v) is 7.49. The summed E-state index contributed by atoms with van der Waals surface area (Å²) in [6.45, 7) is 3.92. The highest BCUT2D eigenvalue weighted by molar-refractivity contribution is 7.09. The molecule has 0 fully saturated rings. The number of carbonyl (C=O) groups is 2. The number of ether oxygens (including phenoxy) is 1. The summed E-state index contributed by atoms with van der Waals surface area (Å²) in [6.07, 6.45) is 1.65. The van der Waals surface area contributed by atoms with Gasteiger partial charge in [-0.2, -0.15) is 0 Å². The van der Waals surface area contributed by atoms with Crippen molar-refractivity contribution in [3.05, 3.63) is 74.5 Å². The summed E-state index contributed by atoms with van der Waals surface area (Å²) in [6, 6.07) is 9.05. The Morgan fingerprint density at radius 1 is 1.25 bits per heavy atom. The highest BCUT2D eigenvalue weighted by Crippen LogP contribution is 2.18. The normalized spacial score (nSPS) is 10.5. The smallest absolute Gasteiger partial charge is 0.341 e. The molecule has 144 valence electrons. The van der Waals surface area contributed by atoms with Gasteiger partial charge < -0.3 is 10.1 Å². The van der Waals surface area contributed by atoms with Gasteiger partial charge in [0.1, 0.15) is 16.8 Å². The topological polar surface area (TPSA) is 81.2 Å². The minimum Gasteiger partial charge on any atom is -0.455 e. The zero-order valence-corrected chi connectivity index (χ0v) is 16.9. The molecule has 0 atom stereocenters. The van der Waals surface area contributed by atoms with Crippen LogP contribution in [0.3, 0.4) is 0 Å². The third-order valence-corrected chi connectivity index (χ3v) is 5.11. The van der Waals surface area contributed by atoms with Gasteiger partial charge in [0, 0.05) is 17.3 Å². The number of amides is 1. The lowest BCUT2D eigenvalue weighted by atomic mass is 10.1. The summed E-state index contributed by atoms with van der Waals surface area (Å²) in [5.74, 6) is -0.714. The maximum Gasteiger partial charge on any atom is 0.341 e. The van der Waals surface area contributed by atoms with E-state index in [4.69, 9.17) is 16.3 Å². The number of aryl methyl sites for hydroxylation is 2. The van der Waals surface area contributed by atoms with Crippen LogP contribution in [0.15, 0.2) is 41.9 Å². The zero-order chi connectivity index (χ0) is 20.1. The minimum atomic E-state index is -0.569. The molecule has 2 aromatic heterocycles. The van der Waals surface area contributed by atoms with Gasteiger partial charge in [-0.3, -0.25) is 4.79 Å². The van der Waals surface area contributed by atoms with Crippen LogP contribution < -0.4 is 5.32 Å². The number of halogens is 1. The van der Waals surface area contributed by atoms with Crippen LogP contribution >= 0.6 is 22.9 Å². The van der Waals surface area contributed by atoms with Crippen LogP contribution in [0.1, 0.15) is 32.2 Å². The molecular formula is C20H18ClN3O3S. The van der Waals surface area contributed by atoms with Crippen LogP contribution in [0.2, 0.25) is 5.15 Å². The summed E-state index contributed by atoms with van der Waals surface area (Å²) in [5.41, 5.74) is 3.65. The van der Waals surface area contributed by atoms with E-state index in [0.29, 0.717) is 10.7 Å². The van der Waals surface area contributed by atoms with Crippen LogP contribution in [0, 0.1) is 13.8 Å². The number of thiazole rings is 1. The van der Waals surface area contributed by atoms with E-state index >= 15 is 0 Å². The molecule has 6 nitrogen and oxygen atoms in total. The molecule has 0 radical (unpaired) electrons. The third kappa shape index (κ3) is 5.15. The predicted molar refractivity (Wildman–Crippen MR) is 109 cm³/mol. The number of nitrogens with one attached hydrogen (secondary N) is 1. The van der Waals surface area contributed by atoms with Gasteiger partial charge in [0.05, 0.1) is 17.7 Å². The van der Waals surface area contributed by atoms with Gasteiger partial charge in [0.15, 0.2) is 0 Å². The molecule has 0 unspecified atom stereocenters. The van der Waals surface area contributed by atoms with Crippen molar-refractivity contribution < 1.29 is 14.3 Å². The summed E-state index contributed by atoms with van der Waals surface area (Å²) < 4.78 is 5.22. The summed E-state index contributed by atoms with van der Waals surface area (Å²) in [5, 5.41) is 5.41. The Bertz CT molecular complexity index is 1020. The quantitative estimate of drug-likeness (QED) is 0.478. The highest BCUT2D eigenvalue weighted by atomic mass is 35.5. The fraction of sp³-hybridized carbons (Fsp3) is 0.200. The Morgan fingerprint density at radius 3 is 2.86 bits per heavy atom. The number of aromatic nitrogens is 2. The van der Waals surface area contributed by atoms with Gasteiger partial charge in [-0.05, 0) is 43.2 Å². The Balaban J connectivity index is 1.55. The van der Waals surface area contributed by atoms with Crippen molar-refractivity contribution in [1.82, 2.24) is 9.97 Å². The number of hydrogen-bond donors (Lipinski definition) is 1. The Labute approximate surface area is 171 Å². The van der Waals surface area contributed by atoms with E-state index in [1.807, 2.05) is 32.0 Å². The van der Waals surface area contributed by atoms with E-state index in [-0.39, 0.29) is 29.7 Å². The molecule has 1 amide bonds. The van der Waals surface area contributed by atoms with Crippen molar-refractivity contribution in [3.63, 3.8) is 0 Å². The first-order valence-electron chi connectivity index (χ1n) is 8.50. The van der Waals surface area contributed by atoms with Gasteiger partial charge in [-0.25, -0.2) is 14.8 Å². The molecule has 1 aromatic carbocycles. The molecule has 3 rings (SSSR count). The zero-order valence-electron chi connectivity index (χ0n) is 15.4. The molecule has 3 aromatic rings. The number of anilines is 1. The van der Waals surface area contributed by atoms with Crippen molar-refractivity contribution >= 4 is 40.5 Å². The Kier molecular flexibility index (Phi) is 6.38. The molecule has 0 spiro atoms. The van der Waals surface area contributed by atoms with Crippen LogP contribution in [0.5, 0.6) is 0 Å². The van der Waals surface area contributed by atoms with Gasteiger partial charge in [0.25, 0.3) is 0 Å². The SMILES string of the molecule is Cc1ccc(C)c(NC(=O)Cc2nc(COC(=O)c3cccnc3Cl)cs2)c1. The summed E-state index contributed by atoms with van der Waals surface area (Å²) in [7, 11) is 0. The number of benzene rings is 1. The predicted octanol–water partition coefficient (Wildman–Crippen LogP) is 4.35. The number of hydrogen-bond acceptors (Lipinski definition) is 6. The summed E-state index contributed by atoms with van der Waals surface area (Å²) >= 11 is 7.22. The molecule has 8 heteroatoms. The Morgan fingerprint density at radius 2 is 2.07 bits per heavy atom. The largest absolute Gasteiger partial charge is 0.455 e. The van der Waals surface area contributed by atoms with Crippen LogP contribution in [-0.2, 0) is 22.6 Å². The molecule has 0 aliphatic rings. The van der Waals surface area contributed by atoms with E-state index in [2.05, 4.69) is 15.3 Å². The number of carbonyl (C=O) groups excluding carboxylic acids is 2. The molecule has 2 heterocycles. The van der Waals surface area contributed by atoms with Crippen molar-refractivity contribution in [2.24, 2.45) is 0 Å². The molecule has 0 aliphatic carbocycles. The molecule has 0 saturated heterocycles. The fourth-order valence-electron chi connectivity index (χ4n) is 2.45. The first kappa shape index (κ1) is 20.0. The highest BCUT2D eigenvalue weighted by Gasteiger charge is 2.14. The van der Waals surface area contributed by atoms with E-state index in [9.17, 15) is 9.59 Å². The lowest BCUT2D eigenvalue weighted by Gasteiger charge is -2.08.